The molecule has 0 fully saturated rings. The molecule has 0 radical (unpaired) electrons. The standard InChI is InChI=1S/C11H12F4O/c1-10(2,3)16-9-5-4-7(12)6-8(9)11(13,14)15/h4-6H,1-3H3. The molecule has 0 aliphatic carbocycles. The summed E-state index contributed by atoms with van der Waals surface area (Å²) in [5.74, 6) is -1.30. The maximum Gasteiger partial charge on any atom is 0.420 e. The van der Waals surface area contributed by atoms with Crippen LogP contribution in [0.1, 0.15) is 26.3 Å². The number of halogens is 4. The SMILES string of the molecule is CC(C)(C)Oc1ccc(F)cc1C(F)(F)F. The molecule has 0 aliphatic rings. The average Bonchev–Trinajstić information content (AvgIpc) is 2.04. The molecule has 0 atom stereocenters. The van der Waals surface area contributed by atoms with Gasteiger partial charge >= 0.3 is 6.18 Å². The highest BCUT2D eigenvalue weighted by Gasteiger charge is 2.35. The molecule has 0 saturated heterocycles. The lowest BCUT2D eigenvalue weighted by Crippen LogP contribution is -2.24. The van der Waals surface area contributed by atoms with Crippen LogP contribution in [0.3, 0.4) is 0 Å². The van der Waals surface area contributed by atoms with Gasteiger partial charge in [0.25, 0.3) is 0 Å². The van der Waals surface area contributed by atoms with E-state index in [9.17, 15) is 17.6 Å². The Labute approximate surface area is 91.0 Å². The maximum atomic E-state index is 12.8. The molecular formula is C11H12F4O. The fraction of sp³-hybridized carbons (Fsp3) is 0.455. The largest absolute Gasteiger partial charge is 0.488 e. The van der Waals surface area contributed by atoms with Crippen LogP contribution in [0, 0.1) is 5.82 Å². The molecule has 90 valence electrons. The summed E-state index contributed by atoms with van der Waals surface area (Å²) in [7, 11) is 0. The van der Waals surface area contributed by atoms with Crippen LogP contribution in [-0.2, 0) is 6.18 Å². The fourth-order valence-corrected chi connectivity index (χ4v) is 1.14. The molecule has 0 amide bonds. The van der Waals surface area contributed by atoms with E-state index in [1.165, 1.54) is 0 Å². The number of hydrogen-bond donors (Lipinski definition) is 0. The number of benzene rings is 1. The molecule has 1 aromatic carbocycles. The van der Waals surface area contributed by atoms with Gasteiger partial charge in [0, 0.05) is 0 Å². The van der Waals surface area contributed by atoms with E-state index in [2.05, 4.69) is 0 Å². The topological polar surface area (TPSA) is 9.23 Å². The second kappa shape index (κ2) is 3.96. The third kappa shape index (κ3) is 3.40. The summed E-state index contributed by atoms with van der Waals surface area (Å²) in [6, 6.07) is 2.36. The highest BCUT2D eigenvalue weighted by molar-refractivity contribution is 5.36. The monoisotopic (exact) mass is 236 g/mol. The first-order chi connectivity index (χ1) is 7.09. The van der Waals surface area contributed by atoms with Crippen LogP contribution in [0.25, 0.3) is 0 Å². The van der Waals surface area contributed by atoms with E-state index in [1.807, 2.05) is 0 Å². The van der Waals surface area contributed by atoms with E-state index in [0.717, 1.165) is 12.1 Å². The molecule has 0 bridgehead atoms. The summed E-state index contributed by atoms with van der Waals surface area (Å²) in [6.07, 6.45) is -4.62. The van der Waals surface area contributed by atoms with Crippen molar-refractivity contribution >= 4 is 0 Å². The minimum absolute atomic E-state index is 0.360. The normalized spacial score (nSPS) is 12.7. The van der Waals surface area contributed by atoms with Crippen molar-refractivity contribution in [3.8, 4) is 5.75 Å². The Hall–Kier alpha value is -1.26. The second-order valence-corrected chi connectivity index (χ2v) is 4.35. The molecule has 0 aliphatic heterocycles. The minimum atomic E-state index is -4.62. The van der Waals surface area contributed by atoms with Gasteiger partial charge in [-0.15, -0.1) is 0 Å². The maximum absolute atomic E-state index is 12.8. The number of ether oxygens (including phenoxy) is 1. The van der Waals surface area contributed by atoms with Crippen molar-refractivity contribution in [2.24, 2.45) is 0 Å². The molecule has 0 unspecified atom stereocenters. The first-order valence-corrected chi connectivity index (χ1v) is 4.65. The number of alkyl halides is 3. The predicted octanol–water partition coefficient (Wildman–Crippen LogP) is 4.02. The molecule has 0 saturated carbocycles. The zero-order valence-corrected chi connectivity index (χ0v) is 9.15. The Balaban J connectivity index is 3.19. The van der Waals surface area contributed by atoms with Crippen molar-refractivity contribution in [3.63, 3.8) is 0 Å². The summed E-state index contributed by atoms with van der Waals surface area (Å²) in [5, 5.41) is 0. The third-order valence-corrected chi connectivity index (χ3v) is 1.66. The molecule has 0 aromatic heterocycles. The zero-order chi connectivity index (χ0) is 12.6. The highest BCUT2D eigenvalue weighted by Crippen LogP contribution is 2.37. The van der Waals surface area contributed by atoms with E-state index in [4.69, 9.17) is 4.74 Å². The first kappa shape index (κ1) is 12.8. The summed E-state index contributed by atoms with van der Waals surface area (Å²) in [4.78, 5) is 0. The Morgan fingerprint density at radius 3 is 2.06 bits per heavy atom. The lowest BCUT2D eigenvalue weighted by Gasteiger charge is -2.23. The molecule has 0 spiro atoms. The van der Waals surface area contributed by atoms with Gasteiger partial charge in [0.1, 0.15) is 22.7 Å². The van der Waals surface area contributed by atoms with Crippen molar-refractivity contribution in [1.82, 2.24) is 0 Å². The highest BCUT2D eigenvalue weighted by atomic mass is 19.4. The van der Waals surface area contributed by atoms with Crippen LogP contribution in [0.5, 0.6) is 5.75 Å². The van der Waals surface area contributed by atoms with E-state index < -0.39 is 23.2 Å². The Morgan fingerprint density at radius 1 is 1.06 bits per heavy atom. The van der Waals surface area contributed by atoms with E-state index in [-0.39, 0.29) is 5.75 Å². The lowest BCUT2D eigenvalue weighted by atomic mass is 10.1. The van der Waals surface area contributed by atoms with Crippen LogP contribution in [0.4, 0.5) is 17.6 Å². The summed E-state index contributed by atoms with van der Waals surface area (Å²) in [6.45, 7) is 4.86. The van der Waals surface area contributed by atoms with E-state index in [1.54, 1.807) is 20.8 Å². The summed E-state index contributed by atoms with van der Waals surface area (Å²) in [5.41, 5.74) is -1.86. The van der Waals surface area contributed by atoms with Gasteiger partial charge in [-0.1, -0.05) is 0 Å². The molecule has 5 heteroatoms. The van der Waals surface area contributed by atoms with Gasteiger partial charge in [-0.25, -0.2) is 4.39 Å². The van der Waals surface area contributed by atoms with Gasteiger partial charge in [-0.05, 0) is 39.0 Å². The number of hydrogen-bond acceptors (Lipinski definition) is 1. The fourth-order valence-electron chi connectivity index (χ4n) is 1.14. The smallest absolute Gasteiger partial charge is 0.420 e. The molecule has 0 N–H and O–H groups in total. The molecule has 16 heavy (non-hydrogen) atoms. The van der Waals surface area contributed by atoms with Crippen molar-refractivity contribution in [3.05, 3.63) is 29.6 Å². The van der Waals surface area contributed by atoms with Crippen molar-refractivity contribution in [1.29, 1.82) is 0 Å². The Morgan fingerprint density at radius 2 is 1.62 bits per heavy atom. The van der Waals surface area contributed by atoms with Gasteiger partial charge in [-0.2, -0.15) is 13.2 Å². The van der Waals surface area contributed by atoms with Gasteiger partial charge in [-0.3, -0.25) is 0 Å². The molecular weight excluding hydrogens is 224 g/mol. The Bertz CT molecular complexity index is 377. The first-order valence-electron chi connectivity index (χ1n) is 4.65. The minimum Gasteiger partial charge on any atom is -0.488 e. The molecule has 1 aromatic rings. The van der Waals surface area contributed by atoms with Crippen LogP contribution in [0.2, 0.25) is 0 Å². The average molecular weight is 236 g/mol. The van der Waals surface area contributed by atoms with Crippen LogP contribution < -0.4 is 4.74 Å². The second-order valence-electron chi connectivity index (χ2n) is 4.35. The van der Waals surface area contributed by atoms with Crippen molar-refractivity contribution in [2.75, 3.05) is 0 Å². The van der Waals surface area contributed by atoms with E-state index in [0.29, 0.717) is 6.07 Å². The summed E-state index contributed by atoms with van der Waals surface area (Å²) < 4.78 is 55.6. The van der Waals surface area contributed by atoms with Crippen molar-refractivity contribution < 1.29 is 22.3 Å². The van der Waals surface area contributed by atoms with Crippen LogP contribution >= 0.6 is 0 Å². The molecule has 0 heterocycles. The van der Waals surface area contributed by atoms with Gasteiger partial charge < -0.3 is 4.74 Å². The quantitative estimate of drug-likeness (QED) is 0.669. The van der Waals surface area contributed by atoms with Gasteiger partial charge in [0.05, 0.1) is 0 Å². The number of rotatable bonds is 1. The predicted molar refractivity (Wildman–Crippen MR) is 51.8 cm³/mol. The third-order valence-electron chi connectivity index (χ3n) is 1.66. The molecule has 1 rings (SSSR count). The van der Waals surface area contributed by atoms with Crippen LogP contribution in [0.15, 0.2) is 18.2 Å². The van der Waals surface area contributed by atoms with Gasteiger partial charge in [0.2, 0.25) is 0 Å². The zero-order valence-electron chi connectivity index (χ0n) is 9.15. The molecule has 1 nitrogen and oxygen atoms in total. The lowest BCUT2D eigenvalue weighted by molar-refractivity contribution is -0.139. The van der Waals surface area contributed by atoms with Crippen LogP contribution in [-0.4, -0.2) is 5.60 Å². The Kier molecular flexibility index (Phi) is 3.17. The van der Waals surface area contributed by atoms with E-state index >= 15 is 0 Å². The summed E-state index contributed by atoms with van der Waals surface area (Å²) >= 11 is 0. The van der Waals surface area contributed by atoms with Gasteiger partial charge in [0.15, 0.2) is 0 Å². The van der Waals surface area contributed by atoms with Crippen molar-refractivity contribution in [2.45, 2.75) is 32.5 Å².